The van der Waals surface area contributed by atoms with Crippen molar-refractivity contribution < 1.29 is 191 Å². The van der Waals surface area contributed by atoms with Gasteiger partial charge in [0.15, 0.2) is 0 Å². The molecule has 0 heterocycles. The molecular weight excluding hydrogens is 1820 g/mol. The first-order valence-corrected chi connectivity index (χ1v) is 46.0. The third-order valence-corrected chi connectivity index (χ3v) is 18.5. The second-order valence-corrected chi connectivity index (χ2v) is 39.4. The Morgan fingerprint density at radius 1 is 0.290 bits per heavy atom. The molecule has 0 bridgehead atoms. The van der Waals surface area contributed by atoms with Crippen LogP contribution in [0.5, 0.6) is 0 Å². The molecule has 0 saturated heterocycles. The van der Waals surface area contributed by atoms with Crippen LogP contribution in [0.2, 0.25) is 0 Å². The third kappa shape index (κ3) is 74.5. The maximum atomic E-state index is 11.5. The van der Waals surface area contributed by atoms with Crippen LogP contribution in [0.3, 0.4) is 0 Å². The van der Waals surface area contributed by atoms with Gasteiger partial charge in [-0.2, -0.15) is 0 Å². The van der Waals surface area contributed by atoms with Crippen LogP contribution >= 0.6 is 0 Å². The number of esters is 10. The fourth-order valence-electron chi connectivity index (χ4n) is 7.73. The number of hydrogen-bond donors (Lipinski definition) is 0. The lowest BCUT2D eigenvalue weighted by atomic mass is 9.96. The highest BCUT2D eigenvalue weighted by molar-refractivity contribution is 5.84. The van der Waals surface area contributed by atoms with Crippen molar-refractivity contribution in [2.75, 3.05) is 13.2 Å². The lowest BCUT2D eigenvalue weighted by Crippen LogP contribution is -2.41. The summed E-state index contributed by atoms with van der Waals surface area (Å²) in [6.07, 6.45) is 12.9. The van der Waals surface area contributed by atoms with E-state index >= 15 is 0 Å². The molecule has 0 radical (unpaired) electrons. The van der Waals surface area contributed by atoms with E-state index in [1.54, 1.807) is 34.6 Å². The fraction of sp³-hybridized carbons (Fsp3) is 0.796. The molecule has 1 rings (SSSR count). The first-order chi connectivity index (χ1) is 62.8. The summed E-state index contributed by atoms with van der Waals surface area (Å²) >= 11 is 0. The van der Waals surface area contributed by atoms with Crippen LogP contribution in [0, 0.1) is 11.3 Å². The Morgan fingerprint density at radius 3 is 0.826 bits per heavy atom. The number of ether oxygens (including phenoxy) is 20. The summed E-state index contributed by atoms with van der Waals surface area (Å²) in [6.45, 7) is 73.0. The summed E-state index contributed by atoms with van der Waals surface area (Å²) < 4.78 is 96.8. The smallest absolute Gasteiger partial charge is 0.350 e. The molecule has 0 amide bonds. The topological polar surface area (TPSA) is 526 Å². The van der Waals surface area contributed by atoms with Crippen molar-refractivity contribution >= 4 is 124 Å². The van der Waals surface area contributed by atoms with E-state index in [1.807, 2.05) is 96.9 Å². The predicted molar refractivity (Wildman–Crippen MR) is 505 cm³/mol. The zero-order valence-electron chi connectivity index (χ0n) is 90.7. The van der Waals surface area contributed by atoms with Gasteiger partial charge in [-0.3, -0.25) is 47.9 Å². The predicted octanol–water partition coefficient (Wildman–Crippen LogP) is 15.4. The van der Waals surface area contributed by atoms with Crippen LogP contribution in [-0.4, -0.2) is 241 Å². The molecule has 4 atom stereocenters. The molecular formula is C98H174O40. The van der Waals surface area contributed by atoms with E-state index in [-0.39, 0.29) is 113 Å². The summed E-state index contributed by atoms with van der Waals surface area (Å²) in [5.74, 6) is -4.89. The van der Waals surface area contributed by atoms with Gasteiger partial charge < -0.3 is 94.7 Å². The first-order valence-electron chi connectivity index (χ1n) is 46.0. The van der Waals surface area contributed by atoms with E-state index in [2.05, 4.69) is 61.2 Å². The van der Waals surface area contributed by atoms with Gasteiger partial charge in [0.2, 0.25) is 56.0 Å². The van der Waals surface area contributed by atoms with Gasteiger partial charge in [0.25, 0.3) is 64.7 Å². The SMILES string of the molecule is CC(C)(C)COC(=O)C(C)(C)OC=O.CC(C)(C)OC(=O)C(C)(C)OC=O.CC(C)(OC=O)C(=O)OC1CCC1.CC(C)C(C)OC(=O)C(C)(C)OC=O.CCC(C)(C)OC(=O)C(C)(C)OC=O.CCC(C)OC(=O)C(C)(C)OC=O.CCC(CC)OC(=O)C(C)(C)OC=O.CCCC(C)OC(=O)C(C)(C)OC=O.CCCCC(C)OC(=O)C(C)(C)OC=O.CCCCCOC(=O)C(C)(C)OC=O. The van der Waals surface area contributed by atoms with Crippen molar-refractivity contribution in [3.8, 4) is 0 Å². The molecule has 4 unspecified atom stereocenters. The van der Waals surface area contributed by atoms with E-state index in [0.717, 1.165) is 89.9 Å². The molecule has 40 heteroatoms. The molecule has 1 fully saturated rings. The van der Waals surface area contributed by atoms with Crippen LogP contribution in [-0.2, 0) is 191 Å². The molecule has 1 aliphatic rings. The summed E-state index contributed by atoms with van der Waals surface area (Å²) in [5, 5.41) is 0. The van der Waals surface area contributed by atoms with Crippen molar-refractivity contribution in [2.24, 2.45) is 11.3 Å². The Kier molecular flexibility index (Phi) is 76.4. The highest BCUT2D eigenvalue weighted by atomic mass is 16.7. The number of hydrogen-bond acceptors (Lipinski definition) is 40. The molecule has 0 aliphatic heterocycles. The lowest BCUT2D eigenvalue weighted by molar-refractivity contribution is -0.182. The second kappa shape index (κ2) is 72.7. The highest BCUT2D eigenvalue weighted by Gasteiger charge is 2.41. The third-order valence-electron chi connectivity index (χ3n) is 18.5. The van der Waals surface area contributed by atoms with Gasteiger partial charge >= 0.3 is 59.7 Å². The average Bonchev–Trinajstić information content (AvgIpc) is 0.864. The molecule has 0 aromatic carbocycles. The van der Waals surface area contributed by atoms with Crippen LogP contribution in [0.4, 0.5) is 0 Å². The van der Waals surface area contributed by atoms with Gasteiger partial charge in [-0.25, -0.2) is 47.9 Å². The van der Waals surface area contributed by atoms with Crippen molar-refractivity contribution in [1.29, 1.82) is 0 Å². The Labute approximate surface area is 820 Å². The van der Waals surface area contributed by atoms with Crippen molar-refractivity contribution in [3.63, 3.8) is 0 Å². The lowest BCUT2D eigenvalue weighted by Gasteiger charge is -2.29. The van der Waals surface area contributed by atoms with Crippen molar-refractivity contribution in [2.45, 2.75) is 484 Å². The van der Waals surface area contributed by atoms with Crippen LogP contribution in [0.1, 0.15) is 380 Å². The largest absolute Gasteiger partial charge is 0.463 e. The Bertz CT molecular complexity index is 3450. The van der Waals surface area contributed by atoms with E-state index < -0.39 is 127 Å². The van der Waals surface area contributed by atoms with Crippen molar-refractivity contribution in [3.05, 3.63) is 0 Å². The number of carbonyl (C=O) groups is 20. The minimum Gasteiger partial charge on any atom is -0.463 e. The molecule has 0 aromatic heterocycles. The molecule has 0 N–H and O–H groups in total. The summed E-state index contributed by atoms with van der Waals surface area (Å²) in [5.41, 5.74) is -13.1. The standard InChI is InChI=1S/C11H20O4.6C10H18O4.C9H14O4.2C9H16O4/c1-5-6-7-9(2)15-10(13)11(3,4)14-8-12;1-9(2,3)6-13-8(12)10(4,5)14-7-11;1-7(2)8(3)14-9(12)10(4,5)13-6-11;1-6-9(2,3)14-8(12)10(4,5)13-7-11;1-5-6-8(2)14-9(12)10(3,4)13-7-11;1-5-8(6-2)14-9(12)10(3,4)13-7-11;1-4-5-6-7-13-9(12)10(2,3)14-8-11;1-9(2,12-6-10)8(11)13-7-4-3-5-7;1-8(2,3)13-7(11)9(4,5)12-6-10;1-5-7(2)13-8(11)9(3,4)12-6-10/h8-9H,5-7H2,1-4H3;7H,6H2,1-5H3;6-8H,1-5H3;7H,6H2,1-5H3;2*7-8H,5-6H2,1-4H3;8H,4-7H2,1-3H3;6-7H,3-5H2,1-2H3;6H,1-5H3;6-7H,5H2,1-4H3. The van der Waals surface area contributed by atoms with E-state index in [9.17, 15) is 95.9 Å². The normalized spacial score (nSPS) is 12.8. The van der Waals surface area contributed by atoms with Crippen molar-refractivity contribution in [1.82, 2.24) is 0 Å². The minimum absolute atomic E-state index is 0.0297. The maximum Gasteiger partial charge on any atom is 0.350 e. The van der Waals surface area contributed by atoms with Gasteiger partial charge in [0.05, 0.1) is 31.5 Å². The molecule has 40 nitrogen and oxygen atoms in total. The average molecular weight is 1990 g/mol. The molecule has 0 aromatic rings. The van der Waals surface area contributed by atoms with E-state index in [0.29, 0.717) is 19.6 Å². The first kappa shape index (κ1) is 145. The van der Waals surface area contributed by atoms with Gasteiger partial charge in [-0.15, -0.1) is 0 Å². The second-order valence-electron chi connectivity index (χ2n) is 39.4. The number of rotatable bonds is 52. The maximum absolute atomic E-state index is 11.5. The van der Waals surface area contributed by atoms with Gasteiger partial charge in [0, 0.05) is 0 Å². The van der Waals surface area contributed by atoms with Gasteiger partial charge in [0.1, 0.15) is 29.5 Å². The summed E-state index contributed by atoms with van der Waals surface area (Å²) in [7, 11) is 0. The van der Waals surface area contributed by atoms with Crippen LogP contribution in [0.15, 0.2) is 0 Å². The number of unbranched alkanes of at least 4 members (excludes halogenated alkanes) is 3. The monoisotopic (exact) mass is 1990 g/mol. The van der Waals surface area contributed by atoms with Gasteiger partial charge in [-0.05, 0) is 276 Å². The molecule has 0 spiro atoms. The Hall–Kier alpha value is -10.6. The molecule has 806 valence electrons. The minimum atomic E-state index is -1.21. The number of carbonyl (C=O) groups excluding carboxylic acids is 20. The van der Waals surface area contributed by atoms with E-state index in [1.165, 1.54) is 138 Å². The Morgan fingerprint density at radius 2 is 0.565 bits per heavy atom. The van der Waals surface area contributed by atoms with Crippen LogP contribution in [0.25, 0.3) is 0 Å². The molecule has 1 saturated carbocycles. The fourth-order valence-corrected chi connectivity index (χ4v) is 7.73. The molecule has 138 heavy (non-hydrogen) atoms. The zero-order valence-corrected chi connectivity index (χ0v) is 90.7. The zero-order chi connectivity index (χ0) is 111. The highest BCUT2D eigenvalue weighted by Crippen LogP contribution is 2.27. The Balaban J connectivity index is -0.000000191. The summed E-state index contributed by atoms with van der Waals surface area (Å²) in [6, 6.07) is 0. The molecule has 1 aliphatic carbocycles. The van der Waals surface area contributed by atoms with Crippen LogP contribution < -0.4 is 0 Å². The van der Waals surface area contributed by atoms with E-state index in [4.69, 9.17) is 47.4 Å². The summed E-state index contributed by atoms with van der Waals surface area (Å²) in [4.78, 5) is 215. The quantitative estimate of drug-likeness (QED) is 0.0236. The van der Waals surface area contributed by atoms with Gasteiger partial charge in [-0.1, -0.05) is 115 Å².